The molecule has 1 unspecified atom stereocenters. The number of hydrogen-bond acceptors (Lipinski definition) is 5. The Morgan fingerprint density at radius 1 is 1.47 bits per heavy atom. The first-order chi connectivity index (χ1) is 9.25. The predicted molar refractivity (Wildman–Crippen MR) is 73.7 cm³/mol. The lowest BCUT2D eigenvalue weighted by atomic mass is 9.72. The maximum absolute atomic E-state index is 5.73. The summed E-state index contributed by atoms with van der Waals surface area (Å²) in [5, 5.41) is 0. The average Bonchev–Trinajstić information content (AvgIpc) is 2.40. The molecule has 5 nitrogen and oxygen atoms in total. The standard InChI is InChI=1S/C14H23N3O2/c1-3-7-19-12-8-11(9-16-10-12)13(17-15)14(18-2)5-4-6-14/h8-10,13,17H,3-7,15H2,1-2H3. The second-order valence-electron chi connectivity index (χ2n) is 5.02. The van der Waals surface area contributed by atoms with Gasteiger partial charge in [0, 0.05) is 13.3 Å². The summed E-state index contributed by atoms with van der Waals surface area (Å²) in [6.45, 7) is 2.77. The fourth-order valence-electron chi connectivity index (χ4n) is 2.58. The molecule has 0 bridgehead atoms. The second kappa shape index (κ2) is 6.32. The number of aromatic nitrogens is 1. The molecule has 0 aliphatic heterocycles. The molecule has 5 heteroatoms. The van der Waals surface area contributed by atoms with Crippen LogP contribution in [0, 0.1) is 0 Å². The lowest BCUT2D eigenvalue weighted by Gasteiger charge is -2.46. The van der Waals surface area contributed by atoms with Crippen LogP contribution in [-0.4, -0.2) is 24.3 Å². The minimum Gasteiger partial charge on any atom is -0.492 e. The highest BCUT2D eigenvalue weighted by Gasteiger charge is 2.45. The Hall–Kier alpha value is -1.17. The van der Waals surface area contributed by atoms with Crippen molar-refractivity contribution in [3.05, 3.63) is 24.0 Å². The molecule has 1 aromatic rings. The fraction of sp³-hybridized carbons (Fsp3) is 0.643. The molecule has 1 fully saturated rings. The van der Waals surface area contributed by atoms with E-state index in [1.54, 1.807) is 13.3 Å². The highest BCUT2D eigenvalue weighted by molar-refractivity contribution is 5.28. The molecule has 1 aliphatic carbocycles. The first-order valence-electron chi connectivity index (χ1n) is 6.85. The molecular weight excluding hydrogens is 242 g/mol. The van der Waals surface area contributed by atoms with Gasteiger partial charge < -0.3 is 9.47 Å². The zero-order chi connectivity index (χ0) is 13.7. The normalized spacial score (nSPS) is 18.7. The van der Waals surface area contributed by atoms with Gasteiger partial charge in [-0.3, -0.25) is 16.3 Å². The van der Waals surface area contributed by atoms with Gasteiger partial charge in [0.05, 0.1) is 24.4 Å². The van der Waals surface area contributed by atoms with Gasteiger partial charge in [0.2, 0.25) is 0 Å². The quantitative estimate of drug-likeness (QED) is 0.582. The highest BCUT2D eigenvalue weighted by Crippen LogP contribution is 2.44. The van der Waals surface area contributed by atoms with Crippen LogP contribution < -0.4 is 16.0 Å². The van der Waals surface area contributed by atoms with Gasteiger partial charge >= 0.3 is 0 Å². The Kier molecular flexibility index (Phi) is 4.74. The van der Waals surface area contributed by atoms with E-state index < -0.39 is 0 Å². The number of nitrogens with zero attached hydrogens (tertiary/aromatic N) is 1. The number of nitrogens with one attached hydrogen (secondary N) is 1. The molecular formula is C14H23N3O2. The van der Waals surface area contributed by atoms with Crippen molar-refractivity contribution in [3.8, 4) is 5.75 Å². The Balaban J connectivity index is 2.18. The smallest absolute Gasteiger partial charge is 0.137 e. The van der Waals surface area contributed by atoms with Crippen LogP contribution in [0.1, 0.15) is 44.2 Å². The van der Waals surface area contributed by atoms with Crippen LogP contribution in [0.25, 0.3) is 0 Å². The molecule has 106 valence electrons. The van der Waals surface area contributed by atoms with E-state index in [0.717, 1.165) is 30.6 Å². The fourth-order valence-corrected chi connectivity index (χ4v) is 2.58. The van der Waals surface area contributed by atoms with Crippen LogP contribution in [0.3, 0.4) is 0 Å². The summed E-state index contributed by atoms with van der Waals surface area (Å²) >= 11 is 0. The monoisotopic (exact) mass is 265 g/mol. The molecule has 0 amide bonds. The Morgan fingerprint density at radius 2 is 2.26 bits per heavy atom. The second-order valence-corrected chi connectivity index (χ2v) is 5.02. The molecule has 1 aliphatic rings. The Morgan fingerprint density at radius 3 is 2.79 bits per heavy atom. The molecule has 1 atom stereocenters. The maximum atomic E-state index is 5.73. The molecule has 2 rings (SSSR count). The topological polar surface area (TPSA) is 69.4 Å². The molecule has 1 heterocycles. The third-order valence-corrected chi connectivity index (χ3v) is 3.84. The number of nitrogens with two attached hydrogens (primary N) is 1. The van der Waals surface area contributed by atoms with Crippen molar-refractivity contribution in [3.63, 3.8) is 0 Å². The molecule has 1 saturated carbocycles. The van der Waals surface area contributed by atoms with Gasteiger partial charge in [-0.25, -0.2) is 0 Å². The Bertz CT molecular complexity index is 402. The minimum atomic E-state index is -0.209. The molecule has 0 saturated heterocycles. The van der Waals surface area contributed by atoms with Crippen LogP contribution in [-0.2, 0) is 4.74 Å². The summed E-state index contributed by atoms with van der Waals surface area (Å²) in [7, 11) is 1.74. The number of ether oxygens (including phenoxy) is 2. The molecule has 3 N–H and O–H groups in total. The van der Waals surface area contributed by atoms with Crippen molar-refractivity contribution in [1.82, 2.24) is 10.4 Å². The van der Waals surface area contributed by atoms with E-state index in [2.05, 4.69) is 17.3 Å². The van der Waals surface area contributed by atoms with Crippen LogP contribution in [0.15, 0.2) is 18.5 Å². The summed E-state index contributed by atoms with van der Waals surface area (Å²) in [6.07, 6.45) is 7.72. The number of rotatable bonds is 7. The van der Waals surface area contributed by atoms with E-state index in [1.807, 2.05) is 12.3 Å². The zero-order valence-corrected chi connectivity index (χ0v) is 11.7. The van der Waals surface area contributed by atoms with E-state index in [1.165, 1.54) is 6.42 Å². The number of methoxy groups -OCH3 is 1. The Labute approximate surface area is 114 Å². The summed E-state index contributed by atoms with van der Waals surface area (Å²) < 4.78 is 11.3. The molecule has 0 aromatic carbocycles. The van der Waals surface area contributed by atoms with Gasteiger partial charge in [-0.1, -0.05) is 6.92 Å². The number of pyridine rings is 1. The predicted octanol–water partition coefficient (Wildman–Crippen LogP) is 1.94. The van der Waals surface area contributed by atoms with Gasteiger partial charge in [0.1, 0.15) is 5.75 Å². The van der Waals surface area contributed by atoms with Crippen LogP contribution in [0.4, 0.5) is 0 Å². The van der Waals surface area contributed by atoms with Crippen molar-refractivity contribution in [2.45, 2.75) is 44.2 Å². The molecule has 19 heavy (non-hydrogen) atoms. The number of hydrazine groups is 1. The number of hydrogen-bond donors (Lipinski definition) is 2. The highest BCUT2D eigenvalue weighted by atomic mass is 16.5. The summed E-state index contributed by atoms with van der Waals surface area (Å²) in [4.78, 5) is 4.24. The van der Waals surface area contributed by atoms with Gasteiger partial charge in [0.25, 0.3) is 0 Å². The first kappa shape index (κ1) is 14.2. The van der Waals surface area contributed by atoms with Gasteiger partial charge in [-0.15, -0.1) is 0 Å². The van der Waals surface area contributed by atoms with Crippen LogP contribution >= 0.6 is 0 Å². The summed E-state index contributed by atoms with van der Waals surface area (Å²) in [5.74, 6) is 6.51. The molecule has 1 aromatic heterocycles. The van der Waals surface area contributed by atoms with Gasteiger partial charge in [0.15, 0.2) is 0 Å². The molecule has 0 spiro atoms. The first-order valence-corrected chi connectivity index (χ1v) is 6.85. The van der Waals surface area contributed by atoms with Crippen molar-refractivity contribution in [1.29, 1.82) is 0 Å². The van der Waals surface area contributed by atoms with Gasteiger partial charge in [-0.05, 0) is 37.3 Å². The van der Waals surface area contributed by atoms with Crippen molar-refractivity contribution in [2.75, 3.05) is 13.7 Å². The van der Waals surface area contributed by atoms with Gasteiger partial charge in [-0.2, -0.15) is 0 Å². The summed E-state index contributed by atoms with van der Waals surface area (Å²) in [5.41, 5.74) is 3.68. The third-order valence-electron chi connectivity index (χ3n) is 3.84. The average molecular weight is 265 g/mol. The van der Waals surface area contributed by atoms with E-state index in [0.29, 0.717) is 6.61 Å². The van der Waals surface area contributed by atoms with Crippen molar-refractivity contribution >= 4 is 0 Å². The van der Waals surface area contributed by atoms with Crippen molar-refractivity contribution < 1.29 is 9.47 Å². The lowest BCUT2D eigenvalue weighted by molar-refractivity contribution is -0.0999. The van der Waals surface area contributed by atoms with E-state index in [9.17, 15) is 0 Å². The van der Waals surface area contributed by atoms with Crippen molar-refractivity contribution in [2.24, 2.45) is 5.84 Å². The minimum absolute atomic E-state index is 0.0519. The largest absolute Gasteiger partial charge is 0.492 e. The maximum Gasteiger partial charge on any atom is 0.137 e. The van der Waals surface area contributed by atoms with E-state index in [4.69, 9.17) is 15.3 Å². The summed E-state index contributed by atoms with van der Waals surface area (Å²) in [6, 6.07) is 1.94. The lowest BCUT2D eigenvalue weighted by Crippen LogP contribution is -2.52. The van der Waals surface area contributed by atoms with Crippen LogP contribution in [0.5, 0.6) is 5.75 Å². The molecule has 0 radical (unpaired) electrons. The third kappa shape index (κ3) is 2.88. The van der Waals surface area contributed by atoms with E-state index >= 15 is 0 Å². The van der Waals surface area contributed by atoms with E-state index in [-0.39, 0.29) is 11.6 Å². The zero-order valence-electron chi connectivity index (χ0n) is 11.7. The SMILES string of the molecule is CCCOc1cncc(C(NN)C2(OC)CCC2)c1. The van der Waals surface area contributed by atoms with Crippen LogP contribution in [0.2, 0.25) is 0 Å².